The van der Waals surface area contributed by atoms with Gasteiger partial charge in [0.05, 0.1) is 12.0 Å². The maximum absolute atomic E-state index is 14.4. The van der Waals surface area contributed by atoms with Crippen molar-refractivity contribution in [2.24, 2.45) is 34.5 Å². The van der Waals surface area contributed by atoms with Gasteiger partial charge in [-0.3, -0.25) is 4.79 Å². The molecule has 0 saturated heterocycles. The van der Waals surface area contributed by atoms with E-state index in [1.165, 1.54) is 0 Å². The minimum absolute atomic E-state index is 0.0536. The van der Waals surface area contributed by atoms with Crippen molar-refractivity contribution in [2.75, 3.05) is 6.61 Å². The maximum Gasteiger partial charge on any atom is 0.344 e. The number of ketones is 1. The molecule has 1 spiro atoms. The number of hydrogen-bond acceptors (Lipinski definition) is 8. The van der Waals surface area contributed by atoms with Gasteiger partial charge < -0.3 is 24.6 Å². The van der Waals surface area contributed by atoms with Crippen LogP contribution in [0.2, 0.25) is 0 Å². The molecule has 0 aromatic carbocycles. The van der Waals surface area contributed by atoms with Gasteiger partial charge in [0, 0.05) is 12.3 Å². The number of allylic oxidation sites excluding steroid dienone is 1. The summed E-state index contributed by atoms with van der Waals surface area (Å²) in [6.45, 7) is 13.1. The van der Waals surface area contributed by atoms with Gasteiger partial charge in [0.25, 0.3) is 0 Å². The summed E-state index contributed by atoms with van der Waals surface area (Å²) in [5.74, 6) is -1.15. The number of hydrogen-bond donors (Lipinski definition) is 3. The number of ether oxygens (including phenoxy) is 1. The molecule has 0 aliphatic heterocycles. The molecule has 3 N–H and O–H groups in total. The molecule has 2 unspecified atom stereocenters. The molecule has 5 rings (SSSR count). The van der Waals surface area contributed by atoms with Crippen LogP contribution in [-0.4, -0.2) is 56.6 Å². The molecule has 0 amide bonds. The summed E-state index contributed by atoms with van der Waals surface area (Å²) in [6.07, 6.45) is 1.63. The zero-order valence-corrected chi connectivity index (χ0v) is 22.7. The molecular weight excluding hydrogens is 474 g/mol. The van der Waals surface area contributed by atoms with E-state index in [9.17, 15) is 24.9 Å². The van der Waals surface area contributed by atoms with Crippen molar-refractivity contribution in [3.05, 3.63) is 40.3 Å². The van der Waals surface area contributed by atoms with Crippen LogP contribution in [0.1, 0.15) is 82.6 Å². The van der Waals surface area contributed by atoms with Gasteiger partial charge in [0.1, 0.15) is 17.4 Å². The smallest absolute Gasteiger partial charge is 0.344 e. The Kier molecular flexibility index (Phi) is 5.94. The van der Waals surface area contributed by atoms with Gasteiger partial charge in [-0.15, -0.1) is 0 Å². The molecule has 0 radical (unpaired) electrons. The van der Waals surface area contributed by atoms with Gasteiger partial charge in [-0.2, -0.15) is 0 Å². The van der Waals surface area contributed by atoms with Crippen molar-refractivity contribution in [3.8, 4) is 0 Å². The van der Waals surface area contributed by atoms with E-state index >= 15 is 0 Å². The van der Waals surface area contributed by atoms with E-state index in [4.69, 9.17) is 9.26 Å². The predicted molar refractivity (Wildman–Crippen MR) is 135 cm³/mol. The summed E-state index contributed by atoms with van der Waals surface area (Å²) < 4.78 is 11.4. The molecule has 1 aromatic heterocycles. The van der Waals surface area contributed by atoms with Crippen molar-refractivity contribution >= 4 is 11.8 Å². The summed E-state index contributed by atoms with van der Waals surface area (Å²) in [6, 6.07) is 0. The first-order chi connectivity index (χ1) is 17.3. The third kappa shape index (κ3) is 3.21. The Morgan fingerprint density at radius 1 is 1.32 bits per heavy atom. The highest BCUT2D eigenvalue weighted by Gasteiger charge is 2.76. The van der Waals surface area contributed by atoms with E-state index in [0.717, 1.165) is 0 Å². The van der Waals surface area contributed by atoms with Crippen LogP contribution in [-0.2, 0) is 16.0 Å². The summed E-state index contributed by atoms with van der Waals surface area (Å²) in [4.78, 5) is 28.1. The summed E-state index contributed by atoms with van der Waals surface area (Å²) in [5, 5.41) is 38.5. The van der Waals surface area contributed by atoms with Crippen molar-refractivity contribution in [1.82, 2.24) is 5.16 Å². The van der Waals surface area contributed by atoms with Crippen molar-refractivity contribution in [3.63, 3.8) is 0 Å². The van der Waals surface area contributed by atoms with Crippen LogP contribution in [0.5, 0.6) is 0 Å². The Bertz CT molecular complexity index is 1210. The largest absolute Gasteiger partial charge is 0.451 e. The van der Waals surface area contributed by atoms with Crippen LogP contribution in [0, 0.1) is 34.5 Å². The second kappa shape index (κ2) is 8.35. The summed E-state index contributed by atoms with van der Waals surface area (Å²) in [5.41, 5.74) is -2.32. The molecule has 4 aliphatic rings. The molecule has 37 heavy (non-hydrogen) atoms. The summed E-state index contributed by atoms with van der Waals surface area (Å²) in [7, 11) is 0. The molecule has 2 bridgehead atoms. The number of carbonyl (C=O) groups excluding carboxylic acids is 2. The van der Waals surface area contributed by atoms with E-state index in [0.29, 0.717) is 29.9 Å². The highest BCUT2D eigenvalue weighted by atomic mass is 16.6. The molecule has 1 aromatic rings. The fraction of sp³-hybridized carbons (Fsp3) is 0.690. The number of aliphatic hydroxyl groups excluding tert-OH is 2. The molecule has 8 nitrogen and oxygen atoms in total. The van der Waals surface area contributed by atoms with Gasteiger partial charge in [-0.1, -0.05) is 58.9 Å². The van der Waals surface area contributed by atoms with E-state index in [1.807, 2.05) is 27.7 Å². The third-order valence-electron chi connectivity index (χ3n) is 9.98. The van der Waals surface area contributed by atoms with Gasteiger partial charge >= 0.3 is 5.97 Å². The Hall–Kier alpha value is -2.29. The lowest BCUT2D eigenvalue weighted by atomic mass is 9.59. The minimum Gasteiger partial charge on any atom is -0.451 e. The molecule has 2 fully saturated rings. The fourth-order valence-electron chi connectivity index (χ4n) is 7.95. The highest BCUT2D eigenvalue weighted by Crippen LogP contribution is 2.71. The lowest BCUT2D eigenvalue weighted by molar-refractivity contribution is -0.190. The number of nitrogens with zero attached hydrogens (tertiary/aromatic N) is 1. The van der Waals surface area contributed by atoms with Gasteiger partial charge in [0.2, 0.25) is 0 Å². The Balaban J connectivity index is 1.63. The normalized spacial score (nSPS) is 39.8. The zero-order valence-electron chi connectivity index (χ0n) is 22.7. The number of fused-ring (bicyclic) bond motifs is 3. The van der Waals surface area contributed by atoms with Crippen molar-refractivity contribution in [2.45, 2.75) is 85.0 Å². The van der Waals surface area contributed by atoms with Gasteiger partial charge in [-0.25, -0.2) is 4.79 Å². The number of aryl methyl sites for hydroxylation is 1. The lowest BCUT2D eigenvalue weighted by Gasteiger charge is -2.48. The Morgan fingerprint density at radius 3 is 2.59 bits per heavy atom. The molecule has 202 valence electrons. The first-order valence-corrected chi connectivity index (χ1v) is 13.4. The third-order valence-corrected chi connectivity index (χ3v) is 9.98. The molecule has 2 saturated carbocycles. The molecule has 1 heterocycles. The van der Waals surface area contributed by atoms with Gasteiger partial charge in [-0.05, 0) is 53.6 Å². The van der Waals surface area contributed by atoms with Crippen LogP contribution < -0.4 is 0 Å². The zero-order chi connectivity index (χ0) is 27.2. The SMILES string of the molecule is CCc1onc(C(C)C)c1C(=O)O[C@H]1C(C)=CC23C(=O)[C@@H](C=C(CO)[C@@H](O)[C@]12O)[C@H]1[C@@H](CC3C)C1(C)C. The maximum atomic E-state index is 14.4. The molecule has 4 aliphatic carbocycles. The fourth-order valence-corrected chi connectivity index (χ4v) is 7.95. The van der Waals surface area contributed by atoms with Crippen LogP contribution in [0.3, 0.4) is 0 Å². The first kappa shape index (κ1) is 26.3. The van der Waals surface area contributed by atoms with E-state index < -0.39 is 41.7 Å². The second-order valence-electron chi connectivity index (χ2n) is 12.5. The van der Waals surface area contributed by atoms with Crippen LogP contribution in [0.4, 0.5) is 0 Å². The quantitative estimate of drug-likeness (QED) is 0.404. The average Bonchev–Trinajstić information content (AvgIpc) is 3.14. The summed E-state index contributed by atoms with van der Waals surface area (Å²) >= 11 is 0. The molecular formula is C29H39NO7. The Morgan fingerprint density at radius 2 is 2.00 bits per heavy atom. The number of esters is 1. The van der Waals surface area contributed by atoms with E-state index in [-0.39, 0.29) is 46.0 Å². The number of aromatic nitrogens is 1. The number of rotatable bonds is 5. The van der Waals surface area contributed by atoms with Gasteiger partial charge in [0.15, 0.2) is 23.2 Å². The van der Waals surface area contributed by atoms with Crippen molar-refractivity contribution < 1.29 is 34.2 Å². The standard InChI is InChI=1S/C29H39NO7/c1-8-19-20(22(13(2)3)30-37-19)26(34)36-25-14(4)11-28-15(5)9-18-21(27(18,6)7)17(24(28)33)10-16(12-31)23(32)29(25,28)35/h10-11,13,15,17-18,21,23,25,31-32,35H,8-9,12H2,1-7H3/t15?,17-,18+,21-,23+,25-,28?,29-/m0/s1. The lowest BCUT2D eigenvalue weighted by Crippen LogP contribution is -2.65. The van der Waals surface area contributed by atoms with E-state index in [2.05, 4.69) is 19.0 Å². The van der Waals surface area contributed by atoms with Crippen molar-refractivity contribution in [1.29, 1.82) is 0 Å². The Labute approximate surface area is 217 Å². The van der Waals surface area contributed by atoms with Crippen LogP contribution >= 0.6 is 0 Å². The van der Waals surface area contributed by atoms with E-state index in [1.54, 1.807) is 19.1 Å². The first-order valence-electron chi connectivity index (χ1n) is 13.4. The van der Waals surface area contributed by atoms with Crippen LogP contribution in [0.25, 0.3) is 0 Å². The number of aliphatic hydroxyl groups is 3. The average molecular weight is 514 g/mol. The highest BCUT2D eigenvalue weighted by molar-refractivity contribution is 5.96. The number of carbonyl (C=O) groups is 2. The predicted octanol–water partition coefficient (Wildman–Crippen LogP) is 3.35. The second-order valence-corrected chi connectivity index (χ2v) is 12.5. The number of Topliss-reactive ketones (excluding diaryl/α,β-unsaturated/α-hetero) is 1. The minimum atomic E-state index is -2.17. The molecule has 8 atom stereocenters. The topological polar surface area (TPSA) is 130 Å². The molecule has 8 heteroatoms. The monoisotopic (exact) mass is 513 g/mol. The van der Waals surface area contributed by atoms with Crippen LogP contribution in [0.15, 0.2) is 27.8 Å².